The number of carbonyl (C=O) groups excluding carboxylic acids is 1. The normalized spacial score (nSPS) is 10.0. The van der Waals surface area contributed by atoms with Crippen molar-refractivity contribution in [2.75, 3.05) is 0 Å². The Bertz CT molecular complexity index is 427. The van der Waals surface area contributed by atoms with Gasteiger partial charge in [-0.25, -0.2) is 9.97 Å². The van der Waals surface area contributed by atoms with Crippen LogP contribution in [0.4, 0.5) is 0 Å². The first-order valence-corrected chi connectivity index (χ1v) is 5.51. The molecule has 2 aromatic heterocycles. The summed E-state index contributed by atoms with van der Waals surface area (Å²) < 4.78 is 1.03. The standard InChI is InChI=1S/C9H6N2OS2/c12-6-7-2-3-8(13-7)14-9-10-4-1-5-11-9/h1-6H. The number of hydrogen-bond acceptors (Lipinski definition) is 5. The maximum Gasteiger partial charge on any atom is 0.193 e. The highest BCUT2D eigenvalue weighted by Gasteiger charge is 2.02. The molecule has 0 saturated carbocycles. The van der Waals surface area contributed by atoms with Crippen LogP contribution in [0.1, 0.15) is 9.67 Å². The molecule has 0 aliphatic rings. The lowest BCUT2D eigenvalue weighted by molar-refractivity contribution is 0.112. The first-order valence-electron chi connectivity index (χ1n) is 3.88. The summed E-state index contributed by atoms with van der Waals surface area (Å²) in [5.74, 6) is 0. The molecule has 0 N–H and O–H groups in total. The summed E-state index contributed by atoms with van der Waals surface area (Å²) >= 11 is 2.90. The second-order valence-electron chi connectivity index (χ2n) is 2.41. The summed E-state index contributed by atoms with van der Waals surface area (Å²) in [5.41, 5.74) is 0. The van der Waals surface area contributed by atoms with Crippen LogP contribution >= 0.6 is 23.1 Å². The van der Waals surface area contributed by atoms with Crippen molar-refractivity contribution in [2.24, 2.45) is 0 Å². The molecule has 0 amide bonds. The molecule has 0 fully saturated rings. The average Bonchev–Trinajstić information content (AvgIpc) is 2.67. The van der Waals surface area contributed by atoms with Gasteiger partial charge < -0.3 is 0 Å². The Kier molecular flexibility index (Phi) is 2.90. The van der Waals surface area contributed by atoms with Gasteiger partial charge in [-0.15, -0.1) is 11.3 Å². The molecule has 0 aliphatic heterocycles. The van der Waals surface area contributed by atoms with E-state index < -0.39 is 0 Å². The topological polar surface area (TPSA) is 42.9 Å². The van der Waals surface area contributed by atoms with Crippen LogP contribution in [0.3, 0.4) is 0 Å². The van der Waals surface area contributed by atoms with E-state index in [9.17, 15) is 4.79 Å². The summed E-state index contributed by atoms with van der Waals surface area (Å²) in [6.07, 6.45) is 4.24. The third-order valence-corrected chi connectivity index (χ3v) is 3.49. The molecule has 2 rings (SSSR count). The van der Waals surface area contributed by atoms with Gasteiger partial charge in [0.05, 0.1) is 9.09 Å². The third kappa shape index (κ3) is 2.18. The van der Waals surface area contributed by atoms with Crippen molar-refractivity contribution < 1.29 is 4.79 Å². The van der Waals surface area contributed by atoms with E-state index in [1.165, 1.54) is 23.1 Å². The lowest BCUT2D eigenvalue weighted by Crippen LogP contribution is -1.80. The summed E-state index contributed by atoms with van der Waals surface area (Å²) in [5, 5.41) is 0.701. The highest BCUT2D eigenvalue weighted by Crippen LogP contribution is 2.30. The second-order valence-corrected chi connectivity index (χ2v) is 4.79. The van der Waals surface area contributed by atoms with E-state index in [1.54, 1.807) is 24.5 Å². The first kappa shape index (κ1) is 9.36. The molecule has 0 atom stereocenters. The van der Waals surface area contributed by atoms with Crippen molar-refractivity contribution in [3.05, 3.63) is 35.5 Å². The largest absolute Gasteiger partial charge is 0.297 e. The molecule has 0 radical (unpaired) electrons. The molecule has 14 heavy (non-hydrogen) atoms. The number of hydrogen-bond donors (Lipinski definition) is 0. The van der Waals surface area contributed by atoms with Crippen molar-refractivity contribution in [1.82, 2.24) is 9.97 Å². The summed E-state index contributed by atoms with van der Waals surface area (Å²) in [6, 6.07) is 5.47. The van der Waals surface area contributed by atoms with Crippen LogP contribution in [0, 0.1) is 0 Å². The lowest BCUT2D eigenvalue weighted by atomic mass is 10.5. The molecule has 70 valence electrons. The minimum absolute atomic E-state index is 0.701. The maximum absolute atomic E-state index is 10.4. The number of aromatic nitrogens is 2. The van der Waals surface area contributed by atoms with Crippen molar-refractivity contribution in [3.63, 3.8) is 0 Å². The van der Waals surface area contributed by atoms with E-state index in [4.69, 9.17) is 0 Å². The van der Waals surface area contributed by atoms with Crippen molar-refractivity contribution >= 4 is 29.4 Å². The highest BCUT2D eigenvalue weighted by atomic mass is 32.2. The van der Waals surface area contributed by atoms with Gasteiger partial charge in [-0.05, 0) is 30.0 Å². The van der Waals surface area contributed by atoms with Gasteiger partial charge in [-0.2, -0.15) is 0 Å². The highest BCUT2D eigenvalue weighted by molar-refractivity contribution is 8.01. The van der Waals surface area contributed by atoms with Gasteiger partial charge in [0.25, 0.3) is 0 Å². The molecular formula is C9H6N2OS2. The maximum atomic E-state index is 10.4. The SMILES string of the molecule is O=Cc1ccc(Sc2ncccn2)s1. The van der Waals surface area contributed by atoms with Crippen LogP contribution in [0.15, 0.2) is 40.0 Å². The molecule has 0 saturated heterocycles. The summed E-state index contributed by atoms with van der Waals surface area (Å²) in [4.78, 5) is 19.3. The van der Waals surface area contributed by atoms with Crippen LogP contribution in [0.5, 0.6) is 0 Å². The molecule has 0 unspecified atom stereocenters. The molecule has 0 bridgehead atoms. The quantitative estimate of drug-likeness (QED) is 0.591. The van der Waals surface area contributed by atoms with Crippen molar-refractivity contribution in [1.29, 1.82) is 0 Å². The van der Waals surface area contributed by atoms with Crippen LogP contribution < -0.4 is 0 Å². The monoisotopic (exact) mass is 222 g/mol. The molecule has 0 aliphatic carbocycles. The van der Waals surface area contributed by atoms with Gasteiger partial charge in [0.15, 0.2) is 11.4 Å². The number of carbonyl (C=O) groups is 1. The third-order valence-electron chi connectivity index (χ3n) is 1.45. The van der Waals surface area contributed by atoms with Gasteiger partial charge in [0.1, 0.15) is 0 Å². The zero-order chi connectivity index (χ0) is 9.80. The predicted octanol–water partition coefficient (Wildman–Crippen LogP) is 2.50. The average molecular weight is 222 g/mol. The van der Waals surface area contributed by atoms with E-state index >= 15 is 0 Å². The fourth-order valence-electron chi connectivity index (χ4n) is 0.881. The Labute approximate surface area is 89.2 Å². The van der Waals surface area contributed by atoms with Crippen LogP contribution in [0.25, 0.3) is 0 Å². The zero-order valence-electron chi connectivity index (χ0n) is 7.08. The van der Waals surface area contributed by atoms with Gasteiger partial charge in [0.2, 0.25) is 0 Å². The minimum atomic E-state index is 0.701. The Morgan fingerprint density at radius 1 is 1.29 bits per heavy atom. The molecular weight excluding hydrogens is 216 g/mol. The first-order chi connectivity index (χ1) is 6.88. The fraction of sp³-hybridized carbons (Fsp3) is 0. The Morgan fingerprint density at radius 2 is 2.07 bits per heavy atom. The number of rotatable bonds is 3. The number of nitrogens with zero attached hydrogens (tertiary/aromatic N) is 2. The van der Waals surface area contributed by atoms with Gasteiger partial charge in [-0.1, -0.05) is 0 Å². The van der Waals surface area contributed by atoms with Crippen LogP contribution in [-0.2, 0) is 0 Å². The number of aldehydes is 1. The molecule has 5 heteroatoms. The summed E-state index contributed by atoms with van der Waals surface area (Å²) in [7, 11) is 0. The Balaban J connectivity index is 2.15. The van der Waals surface area contributed by atoms with Crippen molar-refractivity contribution in [3.8, 4) is 0 Å². The fourth-order valence-corrected chi connectivity index (χ4v) is 2.66. The van der Waals surface area contributed by atoms with Crippen molar-refractivity contribution in [2.45, 2.75) is 9.37 Å². The van der Waals surface area contributed by atoms with Crippen LogP contribution in [0.2, 0.25) is 0 Å². The zero-order valence-corrected chi connectivity index (χ0v) is 8.72. The van der Waals surface area contributed by atoms with E-state index in [0.29, 0.717) is 5.16 Å². The Hall–Kier alpha value is -1.20. The number of thiophene rings is 1. The lowest BCUT2D eigenvalue weighted by Gasteiger charge is -1.93. The van der Waals surface area contributed by atoms with E-state index in [0.717, 1.165) is 15.4 Å². The second kappa shape index (κ2) is 4.34. The van der Waals surface area contributed by atoms with Crippen LogP contribution in [-0.4, -0.2) is 16.3 Å². The smallest absolute Gasteiger partial charge is 0.193 e. The Morgan fingerprint density at radius 3 is 2.71 bits per heavy atom. The molecule has 2 heterocycles. The van der Waals surface area contributed by atoms with Gasteiger partial charge >= 0.3 is 0 Å². The summed E-state index contributed by atoms with van der Waals surface area (Å²) in [6.45, 7) is 0. The minimum Gasteiger partial charge on any atom is -0.297 e. The van der Waals surface area contributed by atoms with E-state index in [-0.39, 0.29) is 0 Å². The molecule has 0 aromatic carbocycles. The predicted molar refractivity (Wildman–Crippen MR) is 55.9 cm³/mol. The molecule has 0 spiro atoms. The molecule has 3 nitrogen and oxygen atoms in total. The van der Waals surface area contributed by atoms with Gasteiger partial charge in [0, 0.05) is 12.4 Å². The van der Waals surface area contributed by atoms with E-state index in [1.807, 2.05) is 6.07 Å². The molecule has 2 aromatic rings. The van der Waals surface area contributed by atoms with Gasteiger partial charge in [-0.3, -0.25) is 4.79 Å². The van der Waals surface area contributed by atoms with E-state index in [2.05, 4.69) is 9.97 Å².